The highest BCUT2D eigenvalue weighted by Gasteiger charge is 2.42. The van der Waals surface area contributed by atoms with Crippen LogP contribution in [-0.4, -0.2) is 23.1 Å². The number of nitrogens with one attached hydrogen (secondary N) is 2. The number of thiocarbonyl (C=S) groups is 1. The summed E-state index contributed by atoms with van der Waals surface area (Å²) in [6.45, 7) is 1.44. The number of methoxy groups -OCH3 is 1. The van der Waals surface area contributed by atoms with Gasteiger partial charge in [-0.15, -0.1) is 0 Å². The zero-order valence-electron chi connectivity index (χ0n) is 19.6. The van der Waals surface area contributed by atoms with E-state index in [1.54, 1.807) is 31.5 Å². The minimum Gasteiger partial charge on any atom is -0.495 e. The van der Waals surface area contributed by atoms with Crippen LogP contribution in [0.1, 0.15) is 30.5 Å². The van der Waals surface area contributed by atoms with E-state index >= 15 is 0 Å². The number of hydrogen-bond donors (Lipinski definition) is 2. The third kappa shape index (κ3) is 4.52. The van der Waals surface area contributed by atoms with Gasteiger partial charge in [0.25, 0.3) is 0 Å². The fourth-order valence-electron chi connectivity index (χ4n) is 4.34. The molecule has 3 heterocycles. The van der Waals surface area contributed by atoms with Crippen molar-refractivity contribution in [3.8, 4) is 17.1 Å². The fraction of sp³-hybridized carbons (Fsp3) is 0.148. The van der Waals surface area contributed by atoms with Gasteiger partial charge in [-0.2, -0.15) is 0 Å². The number of benzene rings is 2. The number of anilines is 2. The van der Waals surface area contributed by atoms with Crippen LogP contribution in [0.3, 0.4) is 0 Å². The molecule has 5 rings (SSSR count). The average molecular weight is 503 g/mol. The molecule has 2 N–H and O–H groups in total. The Hall–Kier alpha value is -4.24. The monoisotopic (exact) mass is 502 g/mol. The molecule has 9 heteroatoms. The SMILES string of the molecule is COc1ccc(N2C(=S)N[C@@H](c3ccccn3)[C@H]2c2ccc(-c3ccc(F)cc3)o2)cc1NC(C)=O. The molecule has 2 aromatic heterocycles. The molecule has 0 radical (unpaired) electrons. The van der Waals surface area contributed by atoms with Gasteiger partial charge in [-0.05, 0) is 78.9 Å². The van der Waals surface area contributed by atoms with E-state index in [4.69, 9.17) is 21.4 Å². The van der Waals surface area contributed by atoms with Gasteiger partial charge in [0, 0.05) is 24.4 Å². The first kappa shape index (κ1) is 23.5. The second kappa shape index (κ2) is 9.79. The van der Waals surface area contributed by atoms with Crippen molar-refractivity contribution in [1.29, 1.82) is 0 Å². The lowest BCUT2D eigenvalue weighted by atomic mass is 10.0. The van der Waals surface area contributed by atoms with E-state index in [1.165, 1.54) is 19.1 Å². The zero-order valence-corrected chi connectivity index (χ0v) is 20.4. The minimum absolute atomic E-state index is 0.217. The first-order chi connectivity index (χ1) is 17.4. The van der Waals surface area contributed by atoms with Crippen molar-refractivity contribution in [3.63, 3.8) is 0 Å². The Morgan fingerprint density at radius 2 is 1.94 bits per heavy atom. The molecule has 182 valence electrons. The summed E-state index contributed by atoms with van der Waals surface area (Å²) in [6, 6.07) is 20.3. The molecule has 7 nitrogen and oxygen atoms in total. The van der Waals surface area contributed by atoms with Crippen LogP contribution in [0.4, 0.5) is 15.8 Å². The standard InChI is InChI=1S/C27H23FN4O3S/c1-16(33)30-21-15-19(10-11-23(21)34-2)32-26(25(31-27(32)36)20-5-3-4-14-29-20)24-13-12-22(35-24)17-6-8-18(28)9-7-17/h3-15,25-26H,1-2H3,(H,30,33)(H,31,36)/t25-,26+/m0/s1. The van der Waals surface area contributed by atoms with E-state index in [-0.39, 0.29) is 23.8 Å². The van der Waals surface area contributed by atoms with Gasteiger partial charge in [0.2, 0.25) is 5.91 Å². The molecule has 0 spiro atoms. The van der Waals surface area contributed by atoms with Gasteiger partial charge in [-0.1, -0.05) is 6.07 Å². The molecule has 1 fully saturated rings. The van der Waals surface area contributed by atoms with E-state index in [9.17, 15) is 9.18 Å². The second-order valence-electron chi connectivity index (χ2n) is 8.27. The van der Waals surface area contributed by atoms with Crippen LogP contribution in [0.5, 0.6) is 5.75 Å². The number of carbonyl (C=O) groups is 1. The summed E-state index contributed by atoms with van der Waals surface area (Å²) in [7, 11) is 1.54. The number of carbonyl (C=O) groups excluding carboxylic acids is 1. The Labute approximate surface area is 212 Å². The van der Waals surface area contributed by atoms with Crippen molar-refractivity contribution in [2.75, 3.05) is 17.3 Å². The highest BCUT2D eigenvalue weighted by atomic mass is 32.1. The lowest BCUT2D eigenvalue weighted by molar-refractivity contribution is -0.114. The first-order valence-corrected chi connectivity index (χ1v) is 11.7. The molecule has 2 aromatic carbocycles. The van der Waals surface area contributed by atoms with Crippen LogP contribution < -0.4 is 20.3 Å². The first-order valence-electron chi connectivity index (χ1n) is 11.3. The van der Waals surface area contributed by atoms with Crippen molar-refractivity contribution in [2.45, 2.75) is 19.0 Å². The Bertz CT molecular complexity index is 1410. The number of pyridine rings is 1. The number of aromatic nitrogens is 1. The van der Waals surface area contributed by atoms with E-state index in [0.717, 1.165) is 16.9 Å². The lowest BCUT2D eigenvalue weighted by Gasteiger charge is -2.27. The van der Waals surface area contributed by atoms with E-state index in [2.05, 4.69) is 15.6 Å². The molecule has 2 atom stereocenters. The summed E-state index contributed by atoms with van der Waals surface area (Å²) in [5, 5.41) is 6.67. The van der Waals surface area contributed by atoms with Gasteiger partial charge < -0.3 is 24.7 Å². The van der Waals surface area contributed by atoms with Gasteiger partial charge in [0.05, 0.1) is 24.5 Å². The Morgan fingerprint density at radius 1 is 1.14 bits per heavy atom. The van der Waals surface area contributed by atoms with Crippen LogP contribution in [0.2, 0.25) is 0 Å². The summed E-state index contributed by atoms with van der Waals surface area (Å²) >= 11 is 5.77. The van der Waals surface area contributed by atoms with E-state index in [1.807, 2.05) is 47.4 Å². The van der Waals surface area contributed by atoms with Crippen molar-refractivity contribution >= 4 is 34.6 Å². The average Bonchev–Trinajstić information content (AvgIpc) is 3.49. The lowest BCUT2D eigenvalue weighted by Crippen LogP contribution is -2.29. The maximum Gasteiger partial charge on any atom is 0.221 e. The van der Waals surface area contributed by atoms with Crippen LogP contribution >= 0.6 is 12.2 Å². The van der Waals surface area contributed by atoms with Crippen LogP contribution in [0, 0.1) is 5.82 Å². The van der Waals surface area contributed by atoms with Gasteiger partial charge in [-0.3, -0.25) is 9.78 Å². The highest BCUT2D eigenvalue weighted by molar-refractivity contribution is 7.80. The molecule has 4 aromatic rings. The largest absolute Gasteiger partial charge is 0.495 e. The molecule has 36 heavy (non-hydrogen) atoms. The highest BCUT2D eigenvalue weighted by Crippen LogP contribution is 2.44. The molecular weight excluding hydrogens is 479 g/mol. The molecule has 1 aliphatic rings. The van der Waals surface area contributed by atoms with Gasteiger partial charge in [0.15, 0.2) is 5.11 Å². The molecule has 1 amide bonds. The maximum atomic E-state index is 13.4. The van der Waals surface area contributed by atoms with E-state index in [0.29, 0.717) is 28.1 Å². The van der Waals surface area contributed by atoms with Crippen LogP contribution in [0.25, 0.3) is 11.3 Å². The molecule has 0 unspecified atom stereocenters. The van der Waals surface area contributed by atoms with Crippen LogP contribution in [-0.2, 0) is 4.79 Å². The Balaban J connectivity index is 1.60. The molecule has 0 saturated carbocycles. The number of amides is 1. The zero-order chi connectivity index (χ0) is 25.2. The quantitative estimate of drug-likeness (QED) is 0.331. The second-order valence-corrected chi connectivity index (χ2v) is 8.66. The predicted octanol–water partition coefficient (Wildman–Crippen LogP) is 5.62. The summed E-state index contributed by atoms with van der Waals surface area (Å²) in [5.41, 5.74) is 2.81. The number of rotatable bonds is 6. The number of nitrogens with zero attached hydrogens (tertiary/aromatic N) is 2. The summed E-state index contributed by atoms with van der Waals surface area (Å²) in [5.74, 6) is 1.25. The number of furan rings is 1. The molecule has 1 aliphatic heterocycles. The number of hydrogen-bond acceptors (Lipinski definition) is 5. The van der Waals surface area contributed by atoms with Crippen molar-refractivity contribution in [2.24, 2.45) is 0 Å². The van der Waals surface area contributed by atoms with Crippen molar-refractivity contribution in [3.05, 3.63) is 96.3 Å². The van der Waals surface area contributed by atoms with E-state index < -0.39 is 0 Å². The summed E-state index contributed by atoms with van der Waals surface area (Å²) in [6.07, 6.45) is 1.73. The maximum absolute atomic E-state index is 13.4. The third-order valence-electron chi connectivity index (χ3n) is 5.92. The Morgan fingerprint density at radius 3 is 2.64 bits per heavy atom. The number of ether oxygens (including phenoxy) is 1. The van der Waals surface area contributed by atoms with Gasteiger partial charge >= 0.3 is 0 Å². The summed E-state index contributed by atoms with van der Waals surface area (Å²) < 4.78 is 25.2. The Kier molecular flexibility index (Phi) is 6.39. The van der Waals surface area contributed by atoms with Gasteiger partial charge in [0.1, 0.15) is 29.1 Å². The van der Waals surface area contributed by atoms with Crippen molar-refractivity contribution in [1.82, 2.24) is 10.3 Å². The van der Waals surface area contributed by atoms with Crippen LogP contribution in [0.15, 0.2) is 83.4 Å². The van der Waals surface area contributed by atoms with Gasteiger partial charge in [-0.25, -0.2) is 4.39 Å². The van der Waals surface area contributed by atoms with Crippen molar-refractivity contribution < 1.29 is 18.3 Å². The molecule has 0 bridgehead atoms. The topological polar surface area (TPSA) is 79.6 Å². The molecule has 1 saturated heterocycles. The molecule has 0 aliphatic carbocycles. The molecular formula is C27H23FN4O3S. The number of halogens is 1. The predicted molar refractivity (Wildman–Crippen MR) is 139 cm³/mol. The smallest absolute Gasteiger partial charge is 0.221 e. The third-order valence-corrected chi connectivity index (χ3v) is 6.23. The minimum atomic E-state index is -0.389. The normalized spacial score (nSPS) is 17.1. The summed E-state index contributed by atoms with van der Waals surface area (Å²) in [4.78, 5) is 18.3. The fourth-order valence-corrected chi connectivity index (χ4v) is 4.68.